The van der Waals surface area contributed by atoms with E-state index in [2.05, 4.69) is 17.1 Å². The summed E-state index contributed by atoms with van der Waals surface area (Å²) in [6, 6.07) is 7.39. The molecule has 114 valence electrons. The van der Waals surface area contributed by atoms with Crippen molar-refractivity contribution < 1.29 is 9.90 Å². The van der Waals surface area contributed by atoms with E-state index < -0.39 is 0 Å². The molecule has 0 aromatic heterocycles. The van der Waals surface area contributed by atoms with Crippen LogP contribution >= 0.6 is 0 Å². The number of anilines is 1. The number of hydrogen-bond donors (Lipinski definition) is 2. The normalized spacial score (nSPS) is 26.1. The summed E-state index contributed by atoms with van der Waals surface area (Å²) in [5.41, 5.74) is 0.862. The number of nitrogens with one attached hydrogen (secondary N) is 1. The van der Waals surface area contributed by atoms with E-state index in [1.54, 1.807) is 6.07 Å². The van der Waals surface area contributed by atoms with Crippen LogP contribution in [0.4, 0.5) is 5.69 Å². The number of carbonyl (C=O) groups excluding carboxylic acids is 1. The van der Waals surface area contributed by atoms with Crippen LogP contribution in [0, 0.1) is 11.8 Å². The molecule has 0 radical (unpaired) electrons. The lowest BCUT2D eigenvalue weighted by molar-refractivity contribution is -0.136. The highest BCUT2D eigenvalue weighted by Gasteiger charge is 2.34. The minimum absolute atomic E-state index is 0.127. The Kier molecular flexibility index (Phi) is 4.01. The van der Waals surface area contributed by atoms with Crippen LogP contribution in [-0.2, 0) is 4.79 Å². The maximum atomic E-state index is 12.5. The van der Waals surface area contributed by atoms with Crippen molar-refractivity contribution in [1.82, 2.24) is 10.2 Å². The average Bonchev–Trinajstić information content (AvgIpc) is 2.93. The molecule has 0 saturated carbocycles. The Hall–Kier alpha value is -1.75. The van der Waals surface area contributed by atoms with Crippen molar-refractivity contribution >= 4 is 11.6 Å². The van der Waals surface area contributed by atoms with Gasteiger partial charge in [-0.1, -0.05) is 19.1 Å². The van der Waals surface area contributed by atoms with Crippen LogP contribution < -0.4 is 10.2 Å². The zero-order valence-electron chi connectivity index (χ0n) is 12.5. The first-order valence-corrected chi connectivity index (χ1v) is 7.69. The standard InChI is InChI=1S/C16H23N3O2/c1-12-10-17-11-13(12)16(21)19-8-6-18(7-9-19)14-4-2-3-5-15(14)20/h2-5,12-13,17,20H,6-11H2,1H3/t12-,13-/m1/s1. The number of carbonyl (C=O) groups is 1. The molecular weight excluding hydrogens is 266 g/mol. The van der Waals surface area contributed by atoms with Crippen LogP contribution in [0.3, 0.4) is 0 Å². The Morgan fingerprint density at radius 3 is 2.52 bits per heavy atom. The van der Waals surface area contributed by atoms with E-state index in [4.69, 9.17) is 0 Å². The number of phenolic OH excluding ortho intramolecular Hbond substituents is 1. The van der Waals surface area contributed by atoms with Crippen LogP contribution in [0.15, 0.2) is 24.3 Å². The minimum atomic E-state index is 0.127. The van der Waals surface area contributed by atoms with Gasteiger partial charge in [0, 0.05) is 32.7 Å². The van der Waals surface area contributed by atoms with Gasteiger partial charge in [0.2, 0.25) is 5.91 Å². The SMILES string of the molecule is C[C@@H]1CNC[C@H]1C(=O)N1CCN(c2ccccc2O)CC1. The summed E-state index contributed by atoms with van der Waals surface area (Å²) in [7, 11) is 0. The van der Waals surface area contributed by atoms with Gasteiger partial charge in [-0.05, 0) is 24.6 Å². The molecule has 2 N–H and O–H groups in total. The molecule has 1 amide bonds. The second-order valence-electron chi connectivity index (χ2n) is 6.04. The number of hydrogen-bond acceptors (Lipinski definition) is 4. The van der Waals surface area contributed by atoms with Crippen molar-refractivity contribution in [1.29, 1.82) is 0 Å². The molecule has 21 heavy (non-hydrogen) atoms. The van der Waals surface area contributed by atoms with Gasteiger partial charge in [-0.2, -0.15) is 0 Å². The highest BCUT2D eigenvalue weighted by Crippen LogP contribution is 2.28. The molecular formula is C16H23N3O2. The fourth-order valence-electron chi connectivity index (χ4n) is 3.27. The summed E-state index contributed by atoms with van der Waals surface area (Å²) < 4.78 is 0. The quantitative estimate of drug-likeness (QED) is 0.849. The van der Waals surface area contributed by atoms with Crippen LogP contribution in [0.25, 0.3) is 0 Å². The van der Waals surface area contributed by atoms with Crippen LogP contribution in [0.1, 0.15) is 6.92 Å². The molecule has 0 bridgehead atoms. The van der Waals surface area contributed by atoms with E-state index in [1.807, 2.05) is 23.1 Å². The minimum Gasteiger partial charge on any atom is -0.506 e. The molecule has 0 aliphatic carbocycles. The van der Waals surface area contributed by atoms with E-state index in [1.165, 1.54) is 0 Å². The monoisotopic (exact) mass is 289 g/mol. The number of piperazine rings is 1. The van der Waals surface area contributed by atoms with E-state index >= 15 is 0 Å². The zero-order valence-corrected chi connectivity index (χ0v) is 12.5. The van der Waals surface area contributed by atoms with E-state index in [0.29, 0.717) is 11.7 Å². The number of para-hydroxylation sites is 2. The van der Waals surface area contributed by atoms with Crippen LogP contribution in [0.5, 0.6) is 5.75 Å². The number of nitrogens with zero attached hydrogens (tertiary/aromatic N) is 2. The van der Waals surface area contributed by atoms with E-state index in [0.717, 1.165) is 45.0 Å². The number of aromatic hydroxyl groups is 1. The first-order valence-electron chi connectivity index (χ1n) is 7.69. The Morgan fingerprint density at radius 2 is 1.90 bits per heavy atom. The highest BCUT2D eigenvalue weighted by atomic mass is 16.3. The molecule has 2 fully saturated rings. The van der Waals surface area contributed by atoms with Crippen molar-refractivity contribution in [3.63, 3.8) is 0 Å². The Bertz CT molecular complexity index is 512. The lowest BCUT2D eigenvalue weighted by Crippen LogP contribution is -2.51. The smallest absolute Gasteiger partial charge is 0.227 e. The van der Waals surface area contributed by atoms with Gasteiger partial charge in [0.15, 0.2) is 0 Å². The second-order valence-corrected chi connectivity index (χ2v) is 6.04. The molecule has 0 unspecified atom stereocenters. The van der Waals surface area contributed by atoms with Gasteiger partial charge in [0.25, 0.3) is 0 Å². The van der Waals surface area contributed by atoms with E-state index in [9.17, 15) is 9.90 Å². The topological polar surface area (TPSA) is 55.8 Å². The summed E-state index contributed by atoms with van der Waals surface area (Å²) in [6.07, 6.45) is 0. The number of amides is 1. The van der Waals surface area contributed by atoms with E-state index in [-0.39, 0.29) is 11.8 Å². The average molecular weight is 289 g/mol. The number of rotatable bonds is 2. The maximum absolute atomic E-state index is 12.5. The Morgan fingerprint density at radius 1 is 1.19 bits per heavy atom. The molecule has 0 spiro atoms. The van der Waals surface area contributed by atoms with Crippen LogP contribution in [-0.4, -0.2) is 55.2 Å². The Balaban J connectivity index is 1.60. The molecule has 1 aromatic carbocycles. The van der Waals surface area contributed by atoms with Gasteiger partial charge in [-0.25, -0.2) is 0 Å². The predicted octanol–water partition coefficient (Wildman–Crippen LogP) is 0.896. The second kappa shape index (κ2) is 5.93. The summed E-state index contributed by atoms with van der Waals surface area (Å²) in [5, 5.41) is 13.2. The predicted molar refractivity (Wildman–Crippen MR) is 82.4 cm³/mol. The maximum Gasteiger partial charge on any atom is 0.227 e. The number of phenols is 1. The van der Waals surface area contributed by atoms with Crippen molar-refractivity contribution in [2.75, 3.05) is 44.2 Å². The van der Waals surface area contributed by atoms with Gasteiger partial charge in [0.1, 0.15) is 5.75 Å². The van der Waals surface area contributed by atoms with Gasteiger partial charge < -0.3 is 20.2 Å². The Labute approximate surface area is 125 Å². The molecule has 5 nitrogen and oxygen atoms in total. The molecule has 2 atom stereocenters. The lowest BCUT2D eigenvalue weighted by atomic mass is 9.96. The molecule has 2 aliphatic heterocycles. The van der Waals surface area contributed by atoms with Gasteiger partial charge in [-0.15, -0.1) is 0 Å². The van der Waals surface area contributed by atoms with Crippen molar-refractivity contribution in [2.24, 2.45) is 11.8 Å². The van der Waals surface area contributed by atoms with Crippen LogP contribution in [0.2, 0.25) is 0 Å². The molecule has 1 aromatic rings. The third kappa shape index (κ3) is 2.83. The summed E-state index contributed by atoms with van der Waals surface area (Å²) in [6.45, 7) is 6.90. The summed E-state index contributed by atoms with van der Waals surface area (Å²) >= 11 is 0. The van der Waals surface area contributed by atoms with Crippen molar-refractivity contribution in [3.8, 4) is 5.75 Å². The lowest BCUT2D eigenvalue weighted by Gasteiger charge is -2.37. The zero-order chi connectivity index (χ0) is 14.8. The largest absolute Gasteiger partial charge is 0.506 e. The fraction of sp³-hybridized carbons (Fsp3) is 0.562. The molecule has 2 aliphatic rings. The molecule has 5 heteroatoms. The molecule has 2 saturated heterocycles. The first-order chi connectivity index (χ1) is 10.2. The molecule has 3 rings (SSSR count). The third-order valence-corrected chi connectivity index (χ3v) is 4.65. The van der Waals surface area contributed by atoms with Crippen molar-refractivity contribution in [2.45, 2.75) is 6.92 Å². The number of benzene rings is 1. The summed E-state index contributed by atoms with van der Waals surface area (Å²) in [5.74, 6) is 1.14. The molecule has 2 heterocycles. The van der Waals surface area contributed by atoms with Gasteiger partial charge in [0.05, 0.1) is 11.6 Å². The van der Waals surface area contributed by atoms with Gasteiger partial charge >= 0.3 is 0 Å². The summed E-state index contributed by atoms with van der Waals surface area (Å²) in [4.78, 5) is 16.7. The first kappa shape index (κ1) is 14.2. The van der Waals surface area contributed by atoms with Gasteiger partial charge in [-0.3, -0.25) is 4.79 Å². The third-order valence-electron chi connectivity index (χ3n) is 4.65. The fourth-order valence-corrected chi connectivity index (χ4v) is 3.27. The van der Waals surface area contributed by atoms with Crippen molar-refractivity contribution in [3.05, 3.63) is 24.3 Å². The highest BCUT2D eigenvalue weighted by molar-refractivity contribution is 5.80.